The van der Waals surface area contributed by atoms with Gasteiger partial charge in [-0.3, -0.25) is 0 Å². The monoisotopic (exact) mass is 207 g/mol. The third kappa shape index (κ3) is 3.08. The lowest BCUT2D eigenvalue weighted by atomic mass is 10.4. The zero-order valence-electron chi connectivity index (χ0n) is 9.29. The summed E-state index contributed by atoms with van der Waals surface area (Å²) in [6.07, 6.45) is 3.44. The summed E-state index contributed by atoms with van der Waals surface area (Å²) < 4.78 is 5.49. The van der Waals surface area contributed by atoms with Gasteiger partial charge in [0.15, 0.2) is 0 Å². The van der Waals surface area contributed by atoms with Gasteiger partial charge in [0.1, 0.15) is 0 Å². The number of aromatic nitrogens is 2. The lowest BCUT2D eigenvalue weighted by Crippen LogP contribution is -2.07. The maximum absolute atomic E-state index is 5.49. The van der Waals surface area contributed by atoms with Crippen LogP contribution in [0.1, 0.15) is 31.9 Å². The third-order valence-corrected chi connectivity index (χ3v) is 2.20. The van der Waals surface area contributed by atoms with Crippen LogP contribution in [0.15, 0.2) is 6.07 Å². The summed E-state index contributed by atoms with van der Waals surface area (Å²) in [5.41, 5.74) is 0.944. The maximum atomic E-state index is 5.49. The van der Waals surface area contributed by atoms with Gasteiger partial charge in [-0.15, -0.1) is 0 Å². The summed E-state index contributed by atoms with van der Waals surface area (Å²) in [7, 11) is 0. The normalized spacial score (nSPS) is 15.1. The summed E-state index contributed by atoms with van der Waals surface area (Å²) >= 11 is 0. The van der Waals surface area contributed by atoms with Crippen LogP contribution in [0, 0.1) is 6.92 Å². The predicted octanol–water partition coefficient (Wildman–Crippen LogP) is 2.15. The van der Waals surface area contributed by atoms with E-state index in [0.29, 0.717) is 24.5 Å². The van der Waals surface area contributed by atoms with Crippen LogP contribution in [0.2, 0.25) is 0 Å². The summed E-state index contributed by atoms with van der Waals surface area (Å²) in [5, 5.41) is 3.27. The second-order valence-electron chi connectivity index (χ2n) is 3.94. The van der Waals surface area contributed by atoms with Gasteiger partial charge in [0.05, 0.1) is 6.61 Å². The fourth-order valence-corrected chi connectivity index (χ4v) is 1.30. The van der Waals surface area contributed by atoms with E-state index in [-0.39, 0.29) is 0 Å². The molecule has 0 atom stereocenters. The van der Waals surface area contributed by atoms with Crippen LogP contribution in [0.25, 0.3) is 0 Å². The average Bonchev–Trinajstić information content (AvgIpc) is 2.98. The van der Waals surface area contributed by atoms with Crippen LogP contribution in [-0.4, -0.2) is 22.6 Å². The van der Waals surface area contributed by atoms with E-state index in [9.17, 15) is 0 Å². The Morgan fingerprint density at radius 2 is 2.27 bits per heavy atom. The van der Waals surface area contributed by atoms with Crippen molar-refractivity contribution in [1.29, 1.82) is 0 Å². The highest BCUT2D eigenvalue weighted by molar-refractivity contribution is 5.33. The van der Waals surface area contributed by atoms with Gasteiger partial charge in [0.25, 0.3) is 0 Å². The molecular formula is C11H17N3O. The van der Waals surface area contributed by atoms with Crippen LogP contribution in [-0.2, 0) is 0 Å². The molecule has 1 aliphatic carbocycles. The fraction of sp³-hybridized carbons (Fsp3) is 0.636. The fourth-order valence-electron chi connectivity index (χ4n) is 1.30. The Kier molecular flexibility index (Phi) is 3.04. The number of anilines is 1. The second-order valence-corrected chi connectivity index (χ2v) is 3.94. The molecule has 0 bridgehead atoms. The number of rotatable bonds is 5. The van der Waals surface area contributed by atoms with E-state index < -0.39 is 0 Å². The van der Waals surface area contributed by atoms with Gasteiger partial charge < -0.3 is 10.1 Å². The van der Waals surface area contributed by atoms with E-state index in [1.54, 1.807) is 0 Å². The van der Waals surface area contributed by atoms with Gasteiger partial charge in [-0.05, 0) is 26.2 Å². The standard InChI is InChI=1S/C11H17N3O/c1-3-6-15-10-7-8(2)12-11(14-10)13-9-4-5-9/h7,9H,3-6H2,1-2H3,(H,12,13,14). The van der Waals surface area contributed by atoms with Crippen LogP contribution in [0.5, 0.6) is 5.88 Å². The first-order chi connectivity index (χ1) is 7.28. The molecule has 4 heteroatoms. The van der Waals surface area contributed by atoms with Crippen molar-refractivity contribution in [2.45, 2.75) is 39.2 Å². The molecule has 1 heterocycles. The lowest BCUT2D eigenvalue weighted by molar-refractivity contribution is 0.305. The van der Waals surface area contributed by atoms with Crippen LogP contribution >= 0.6 is 0 Å². The van der Waals surface area contributed by atoms with E-state index >= 15 is 0 Å². The average molecular weight is 207 g/mol. The van der Waals surface area contributed by atoms with Gasteiger partial charge in [0.2, 0.25) is 11.8 Å². The molecular weight excluding hydrogens is 190 g/mol. The summed E-state index contributed by atoms with van der Waals surface area (Å²) in [5.74, 6) is 1.37. The Labute approximate surface area is 90.1 Å². The number of aryl methyl sites for hydroxylation is 1. The Bertz CT molecular complexity index is 337. The smallest absolute Gasteiger partial charge is 0.226 e. The number of nitrogens with zero attached hydrogens (tertiary/aromatic N) is 2. The molecule has 0 unspecified atom stereocenters. The number of nitrogens with one attached hydrogen (secondary N) is 1. The molecule has 1 aromatic rings. The molecule has 1 fully saturated rings. The molecule has 15 heavy (non-hydrogen) atoms. The highest BCUT2D eigenvalue weighted by Crippen LogP contribution is 2.23. The van der Waals surface area contributed by atoms with E-state index in [4.69, 9.17) is 4.74 Å². The highest BCUT2D eigenvalue weighted by Gasteiger charge is 2.22. The maximum Gasteiger partial charge on any atom is 0.226 e. The zero-order chi connectivity index (χ0) is 10.7. The van der Waals surface area contributed by atoms with Gasteiger partial charge in [-0.2, -0.15) is 4.98 Å². The molecule has 1 saturated carbocycles. The van der Waals surface area contributed by atoms with Crippen molar-refractivity contribution in [2.75, 3.05) is 11.9 Å². The van der Waals surface area contributed by atoms with Crippen LogP contribution in [0.4, 0.5) is 5.95 Å². The van der Waals surface area contributed by atoms with Crippen molar-refractivity contribution in [3.63, 3.8) is 0 Å². The number of hydrogen-bond acceptors (Lipinski definition) is 4. The highest BCUT2D eigenvalue weighted by atomic mass is 16.5. The minimum atomic E-state index is 0.575. The van der Waals surface area contributed by atoms with Gasteiger partial charge in [0, 0.05) is 17.8 Å². The van der Waals surface area contributed by atoms with E-state index in [1.165, 1.54) is 12.8 Å². The molecule has 0 aromatic carbocycles. The number of hydrogen-bond donors (Lipinski definition) is 1. The zero-order valence-corrected chi connectivity index (χ0v) is 9.29. The topological polar surface area (TPSA) is 47.0 Å². The van der Waals surface area contributed by atoms with Gasteiger partial charge in [-0.25, -0.2) is 4.98 Å². The Hall–Kier alpha value is -1.32. The minimum absolute atomic E-state index is 0.575. The molecule has 2 rings (SSSR count). The first kappa shape index (κ1) is 10.2. The molecule has 0 radical (unpaired) electrons. The minimum Gasteiger partial charge on any atom is -0.478 e. The summed E-state index contributed by atoms with van der Waals surface area (Å²) in [6, 6.07) is 2.44. The van der Waals surface area contributed by atoms with Crippen molar-refractivity contribution < 1.29 is 4.74 Å². The molecule has 1 N–H and O–H groups in total. The molecule has 4 nitrogen and oxygen atoms in total. The van der Waals surface area contributed by atoms with Crippen LogP contribution < -0.4 is 10.1 Å². The van der Waals surface area contributed by atoms with Crippen LogP contribution in [0.3, 0.4) is 0 Å². The quantitative estimate of drug-likeness (QED) is 0.803. The first-order valence-electron chi connectivity index (χ1n) is 5.53. The molecule has 82 valence electrons. The predicted molar refractivity (Wildman–Crippen MR) is 59.2 cm³/mol. The first-order valence-corrected chi connectivity index (χ1v) is 5.53. The number of ether oxygens (including phenoxy) is 1. The largest absolute Gasteiger partial charge is 0.478 e. The van der Waals surface area contributed by atoms with Crippen molar-refractivity contribution in [3.8, 4) is 5.88 Å². The molecule has 0 amide bonds. The van der Waals surface area contributed by atoms with Crippen molar-refractivity contribution in [1.82, 2.24) is 9.97 Å². The van der Waals surface area contributed by atoms with Gasteiger partial charge in [-0.1, -0.05) is 6.92 Å². The third-order valence-electron chi connectivity index (χ3n) is 2.20. The Balaban J connectivity index is 2.05. The lowest BCUT2D eigenvalue weighted by Gasteiger charge is -2.07. The Morgan fingerprint density at radius 1 is 1.47 bits per heavy atom. The van der Waals surface area contributed by atoms with E-state index in [1.807, 2.05) is 13.0 Å². The Morgan fingerprint density at radius 3 is 2.93 bits per heavy atom. The van der Waals surface area contributed by atoms with Crippen molar-refractivity contribution >= 4 is 5.95 Å². The molecule has 1 aliphatic rings. The molecule has 0 spiro atoms. The molecule has 0 aliphatic heterocycles. The molecule has 0 saturated heterocycles. The van der Waals surface area contributed by atoms with E-state index in [2.05, 4.69) is 22.2 Å². The van der Waals surface area contributed by atoms with Crippen molar-refractivity contribution in [3.05, 3.63) is 11.8 Å². The second kappa shape index (κ2) is 4.47. The van der Waals surface area contributed by atoms with Gasteiger partial charge >= 0.3 is 0 Å². The van der Waals surface area contributed by atoms with Crippen molar-refractivity contribution in [2.24, 2.45) is 0 Å². The van der Waals surface area contributed by atoms with E-state index in [0.717, 1.165) is 12.1 Å². The SMILES string of the molecule is CCCOc1cc(C)nc(NC2CC2)n1. The summed E-state index contributed by atoms with van der Waals surface area (Å²) in [4.78, 5) is 8.63. The summed E-state index contributed by atoms with van der Waals surface area (Å²) in [6.45, 7) is 4.75. The molecule has 1 aromatic heterocycles.